The Kier molecular flexibility index (Phi) is 4.16. The Hall–Kier alpha value is -1.08. The van der Waals surface area contributed by atoms with Gasteiger partial charge in [0.1, 0.15) is 0 Å². The van der Waals surface area contributed by atoms with Gasteiger partial charge in [-0.3, -0.25) is 0 Å². The van der Waals surface area contributed by atoms with Crippen LogP contribution in [0.5, 0.6) is 0 Å². The van der Waals surface area contributed by atoms with E-state index in [4.69, 9.17) is 5.73 Å². The van der Waals surface area contributed by atoms with Gasteiger partial charge in [0, 0.05) is 19.6 Å². The summed E-state index contributed by atoms with van der Waals surface area (Å²) in [6, 6.07) is -0.103. The van der Waals surface area contributed by atoms with Crippen LogP contribution >= 0.6 is 0 Å². The summed E-state index contributed by atoms with van der Waals surface area (Å²) in [5.74, 6) is 0.0502. The first-order valence-electron chi connectivity index (χ1n) is 5.61. The molecule has 0 aromatic carbocycles. The maximum atomic E-state index is 12.5. The second kappa shape index (κ2) is 5.05. The molecule has 0 unspecified atom stereocenters. The first kappa shape index (κ1) is 14.0. The predicted molar refractivity (Wildman–Crippen MR) is 66.9 cm³/mol. The first-order chi connectivity index (χ1) is 7.82. The number of hydrogen-bond donors (Lipinski definition) is 1. The molecule has 7 heteroatoms. The van der Waals surface area contributed by atoms with E-state index in [1.54, 1.807) is 7.05 Å². The molecule has 0 fully saturated rings. The van der Waals surface area contributed by atoms with E-state index in [1.165, 1.54) is 15.2 Å². The minimum absolute atomic E-state index is 0.0502. The van der Waals surface area contributed by atoms with Gasteiger partial charge in [0.25, 0.3) is 10.0 Å². The number of nitrogens with two attached hydrogens (primary N) is 1. The lowest BCUT2D eigenvalue weighted by Gasteiger charge is -2.25. The zero-order chi connectivity index (χ0) is 13.2. The predicted octanol–water partition coefficient (Wildman–Crippen LogP) is 0.811. The van der Waals surface area contributed by atoms with Crippen molar-refractivity contribution in [1.82, 2.24) is 13.9 Å². The summed E-state index contributed by atoms with van der Waals surface area (Å²) in [6.45, 7) is 6.11. The van der Waals surface area contributed by atoms with Crippen LogP contribution in [0.15, 0.2) is 11.4 Å². The van der Waals surface area contributed by atoms with E-state index in [9.17, 15) is 8.42 Å². The van der Waals surface area contributed by atoms with Crippen LogP contribution in [0.3, 0.4) is 0 Å². The monoisotopic (exact) mass is 260 g/mol. The lowest BCUT2D eigenvalue weighted by Crippen LogP contribution is -2.38. The van der Waals surface area contributed by atoms with Gasteiger partial charge < -0.3 is 10.3 Å². The van der Waals surface area contributed by atoms with Gasteiger partial charge in [-0.05, 0) is 20.3 Å². The summed E-state index contributed by atoms with van der Waals surface area (Å²) in [4.78, 5) is 3.82. The molecule has 0 aliphatic carbocycles. The van der Waals surface area contributed by atoms with Crippen molar-refractivity contribution in [1.29, 1.82) is 0 Å². The summed E-state index contributed by atoms with van der Waals surface area (Å²) < 4.78 is 27.8. The third kappa shape index (κ3) is 2.61. The van der Waals surface area contributed by atoms with Gasteiger partial charge in [-0.1, -0.05) is 6.92 Å². The van der Waals surface area contributed by atoms with Crippen LogP contribution in [-0.2, 0) is 17.1 Å². The molecule has 0 amide bonds. The minimum Gasteiger partial charge on any atom is -0.381 e. The number of imidazole rings is 1. The quantitative estimate of drug-likeness (QED) is 0.849. The van der Waals surface area contributed by atoms with Crippen LogP contribution in [0.25, 0.3) is 0 Å². The number of anilines is 1. The molecular formula is C10H20N4O2S. The fraction of sp³-hybridized carbons (Fsp3) is 0.700. The molecule has 0 spiro atoms. The summed E-state index contributed by atoms with van der Waals surface area (Å²) in [7, 11) is -1.95. The van der Waals surface area contributed by atoms with Crippen molar-refractivity contribution in [3.8, 4) is 0 Å². The van der Waals surface area contributed by atoms with E-state index in [1.807, 2.05) is 20.8 Å². The largest absolute Gasteiger partial charge is 0.381 e. The maximum Gasteiger partial charge on any atom is 0.262 e. The molecule has 0 saturated carbocycles. The highest BCUT2D eigenvalue weighted by Gasteiger charge is 2.31. The molecule has 2 N–H and O–H groups in total. The van der Waals surface area contributed by atoms with Gasteiger partial charge >= 0.3 is 0 Å². The van der Waals surface area contributed by atoms with Gasteiger partial charge in [-0.2, -0.15) is 4.31 Å². The molecule has 98 valence electrons. The zero-order valence-electron chi connectivity index (χ0n) is 10.7. The third-order valence-electron chi connectivity index (χ3n) is 2.48. The van der Waals surface area contributed by atoms with Gasteiger partial charge in [0.05, 0.1) is 6.33 Å². The summed E-state index contributed by atoms with van der Waals surface area (Å²) >= 11 is 0. The van der Waals surface area contributed by atoms with Crippen molar-refractivity contribution in [3.63, 3.8) is 0 Å². The number of rotatable bonds is 5. The van der Waals surface area contributed by atoms with Crippen LogP contribution in [0, 0.1) is 0 Å². The number of nitrogen functional groups attached to an aromatic ring is 1. The zero-order valence-corrected chi connectivity index (χ0v) is 11.5. The average molecular weight is 260 g/mol. The topological polar surface area (TPSA) is 81.2 Å². The molecular weight excluding hydrogens is 240 g/mol. The smallest absolute Gasteiger partial charge is 0.262 e. The minimum atomic E-state index is -3.57. The van der Waals surface area contributed by atoms with Gasteiger partial charge in [0.15, 0.2) is 10.8 Å². The Labute approximate surface area is 102 Å². The SMILES string of the molecule is CCCN(C(C)C)S(=O)(=O)c1c(N)ncn1C. The fourth-order valence-corrected chi connectivity index (χ4v) is 3.67. The molecule has 0 saturated heterocycles. The Morgan fingerprint density at radius 3 is 2.47 bits per heavy atom. The van der Waals surface area contributed by atoms with Crippen LogP contribution in [0.2, 0.25) is 0 Å². The maximum absolute atomic E-state index is 12.5. The van der Waals surface area contributed by atoms with Crippen LogP contribution in [0.4, 0.5) is 5.82 Å². The highest BCUT2D eigenvalue weighted by Crippen LogP contribution is 2.22. The Morgan fingerprint density at radius 1 is 1.53 bits per heavy atom. The Morgan fingerprint density at radius 2 is 2.12 bits per heavy atom. The molecule has 0 aliphatic rings. The van der Waals surface area contributed by atoms with Gasteiger partial charge in [-0.25, -0.2) is 13.4 Å². The number of aryl methyl sites for hydroxylation is 1. The third-order valence-corrected chi connectivity index (χ3v) is 4.69. The van der Waals surface area contributed by atoms with Crippen molar-refractivity contribution < 1.29 is 8.42 Å². The van der Waals surface area contributed by atoms with E-state index < -0.39 is 10.0 Å². The van der Waals surface area contributed by atoms with Crippen molar-refractivity contribution in [2.24, 2.45) is 7.05 Å². The molecule has 1 heterocycles. The standard InChI is InChI=1S/C10H20N4O2S/c1-5-6-14(8(2)3)17(15,16)10-9(11)12-7-13(10)4/h7-8H,5-6,11H2,1-4H3. The highest BCUT2D eigenvalue weighted by atomic mass is 32.2. The number of sulfonamides is 1. The molecule has 17 heavy (non-hydrogen) atoms. The summed E-state index contributed by atoms with van der Waals surface area (Å²) in [5, 5.41) is 0.0691. The van der Waals surface area contributed by atoms with E-state index in [0.717, 1.165) is 6.42 Å². The van der Waals surface area contributed by atoms with Crippen LogP contribution in [-0.4, -0.2) is 34.9 Å². The highest BCUT2D eigenvalue weighted by molar-refractivity contribution is 7.89. The molecule has 0 aliphatic heterocycles. The normalized spacial score (nSPS) is 12.6. The molecule has 0 atom stereocenters. The first-order valence-corrected chi connectivity index (χ1v) is 7.05. The number of nitrogens with zero attached hydrogens (tertiary/aromatic N) is 3. The van der Waals surface area contributed by atoms with Crippen molar-refractivity contribution in [3.05, 3.63) is 6.33 Å². The fourth-order valence-electron chi connectivity index (χ4n) is 1.74. The molecule has 0 radical (unpaired) electrons. The molecule has 1 rings (SSSR count). The van der Waals surface area contributed by atoms with Gasteiger partial charge in [-0.15, -0.1) is 0 Å². The van der Waals surface area contributed by atoms with E-state index in [0.29, 0.717) is 6.54 Å². The van der Waals surface area contributed by atoms with E-state index in [-0.39, 0.29) is 16.9 Å². The van der Waals surface area contributed by atoms with E-state index >= 15 is 0 Å². The average Bonchev–Trinajstić information content (AvgIpc) is 2.54. The van der Waals surface area contributed by atoms with E-state index in [2.05, 4.69) is 4.98 Å². The molecule has 6 nitrogen and oxygen atoms in total. The van der Waals surface area contributed by atoms with Crippen molar-refractivity contribution in [2.75, 3.05) is 12.3 Å². The summed E-state index contributed by atoms with van der Waals surface area (Å²) in [5.41, 5.74) is 5.62. The second-order valence-corrected chi connectivity index (χ2v) is 6.06. The lowest BCUT2D eigenvalue weighted by atomic mass is 10.4. The summed E-state index contributed by atoms with van der Waals surface area (Å²) in [6.07, 6.45) is 2.17. The van der Waals surface area contributed by atoms with Gasteiger partial charge in [0.2, 0.25) is 0 Å². The Bertz CT molecular complexity index is 459. The lowest BCUT2D eigenvalue weighted by molar-refractivity contribution is 0.351. The second-order valence-electron chi connectivity index (χ2n) is 4.26. The van der Waals surface area contributed by atoms with Crippen LogP contribution in [0.1, 0.15) is 27.2 Å². The molecule has 1 aromatic heterocycles. The molecule has 0 bridgehead atoms. The Balaban J connectivity index is 3.26. The molecule has 1 aromatic rings. The van der Waals surface area contributed by atoms with Crippen molar-refractivity contribution in [2.45, 2.75) is 38.3 Å². The number of hydrogen-bond acceptors (Lipinski definition) is 4. The van der Waals surface area contributed by atoms with Crippen LogP contribution < -0.4 is 5.73 Å². The van der Waals surface area contributed by atoms with Crippen molar-refractivity contribution >= 4 is 15.8 Å². The number of aromatic nitrogens is 2.